The second kappa shape index (κ2) is 4.99. The topological polar surface area (TPSA) is 62.7 Å². The molecule has 0 aromatic carbocycles. The van der Waals surface area contributed by atoms with Crippen molar-refractivity contribution < 1.29 is 0 Å². The van der Waals surface area contributed by atoms with E-state index in [0.29, 0.717) is 16.0 Å². The normalized spacial score (nSPS) is 18.5. The van der Waals surface area contributed by atoms with E-state index in [1.54, 1.807) is 0 Å². The summed E-state index contributed by atoms with van der Waals surface area (Å²) in [5.74, 6) is 0.729. The Balaban J connectivity index is 1.97. The largest absolute Gasteiger partial charge is 0.396 e. The van der Waals surface area contributed by atoms with Crippen molar-refractivity contribution in [3.05, 3.63) is 22.2 Å². The molecule has 2 N–H and O–H groups in total. The minimum atomic E-state index is 0.370. The van der Waals surface area contributed by atoms with Gasteiger partial charge in [-0.2, -0.15) is 5.26 Å². The minimum Gasteiger partial charge on any atom is -0.396 e. The van der Waals surface area contributed by atoms with Gasteiger partial charge in [0.25, 0.3) is 0 Å². The van der Waals surface area contributed by atoms with Crippen LogP contribution in [0.15, 0.2) is 6.07 Å². The molecule has 3 nitrogen and oxygen atoms in total. The molecule has 0 spiro atoms. The third-order valence-electron chi connectivity index (χ3n) is 4.19. The standard InChI is InChI=1S/C17H21N3S/c1-17(2,3)8-10-4-5-13-11(6-10)7-12-15(19)14(9-18)21-16(12)20-13/h7,10H,4-6,8,19H2,1-3H3. The molecule has 110 valence electrons. The molecule has 0 fully saturated rings. The smallest absolute Gasteiger partial charge is 0.130 e. The molecule has 0 saturated carbocycles. The van der Waals surface area contributed by atoms with Gasteiger partial charge in [-0.15, -0.1) is 11.3 Å². The first-order chi connectivity index (χ1) is 9.87. The van der Waals surface area contributed by atoms with Crippen molar-refractivity contribution in [3.63, 3.8) is 0 Å². The third-order valence-corrected chi connectivity index (χ3v) is 5.21. The van der Waals surface area contributed by atoms with E-state index in [1.165, 1.54) is 35.4 Å². The first-order valence-corrected chi connectivity index (χ1v) is 8.30. The molecule has 0 amide bonds. The lowest BCUT2D eigenvalue weighted by Gasteiger charge is -2.29. The van der Waals surface area contributed by atoms with Crippen LogP contribution in [0.3, 0.4) is 0 Å². The van der Waals surface area contributed by atoms with E-state index in [0.717, 1.165) is 29.0 Å². The van der Waals surface area contributed by atoms with Crippen LogP contribution in [0.5, 0.6) is 0 Å². The van der Waals surface area contributed by atoms with Crippen LogP contribution in [0.25, 0.3) is 10.2 Å². The fraction of sp³-hybridized carbons (Fsp3) is 0.529. The lowest BCUT2D eigenvalue weighted by molar-refractivity contribution is 0.273. The molecule has 21 heavy (non-hydrogen) atoms. The Labute approximate surface area is 129 Å². The van der Waals surface area contributed by atoms with E-state index in [4.69, 9.17) is 16.0 Å². The molecule has 2 aromatic heterocycles. The predicted octanol–water partition coefficient (Wildman–Crippen LogP) is 4.29. The summed E-state index contributed by atoms with van der Waals surface area (Å²) >= 11 is 1.41. The molecule has 4 heteroatoms. The van der Waals surface area contributed by atoms with Gasteiger partial charge in [-0.05, 0) is 48.6 Å². The number of nitriles is 1. The van der Waals surface area contributed by atoms with E-state index < -0.39 is 0 Å². The molecule has 0 saturated heterocycles. The third kappa shape index (κ3) is 2.75. The Hall–Kier alpha value is -1.60. The van der Waals surface area contributed by atoms with Crippen LogP contribution >= 0.6 is 11.3 Å². The maximum Gasteiger partial charge on any atom is 0.130 e. The van der Waals surface area contributed by atoms with Gasteiger partial charge in [-0.25, -0.2) is 4.98 Å². The average Bonchev–Trinajstić information content (AvgIpc) is 2.71. The van der Waals surface area contributed by atoms with Gasteiger partial charge in [-0.3, -0.25) is 0 Å². The van der Waals surface area contributed by atoms with Crippen molar-refractivity contribution in [2.75, 3.05) is 5.73 Å². The zero-order chi connectivity index (χ0) is 15.2. The number of fused-ring (bicyclic) bond motifs is 2. The second-order valence-corrected chi connectivity index (χ2v) is 8.28. The number of nitrogens with two attached hydrogens (primary N) is 1. The lowest BCUT2D eigenvalue weighted by atomic mass is 9.76. The Bertz CT molecular complexity index is 731. The first kappa shape index (κ1) is 14.3. The fourth-order valence-corrected chi connectivity index (χ4v) is 4.28. The molecule has 1 unspecified atom stereocenters. The van der Waals surface area contributed by atoms with E-state index in [2.05, 4.69) is 32.9 Å². The monoisotopic (exact) mass is 299 g/mol. The maximum atomic E-state index is 9.11. The number of thiophene rings is 1. The van der Waals surface area contributed by atoms with Crippen LogP contribution in [-0.4, -0.2) is 4.98 Å². The summed E-state index contributed by atoms with van der Waals surface area (Å²) in [6, 6.07) is 4.35. The summed E-state index contributed by atoms with van der Waals surface area (Å²) in [6.45, 7) is 6.92. The average molecular weight is 299 g/mol. The second-order valence-electron chi connectivity index (χ2n) is 7.28. The van der Waals surface area contributed by atoms with Gasteiger partial charge >= 0.3 is 0 Å². The number of nitrogen functional groups attached to an aromatic ring is 1. The van der Waals surface area contributed by atoms with Crippen LogP contribution in [0, 0.1) is 22.7 Å². The van der Waals surface area contributed by atoms with Crippen LogP contribution < -0.4 is 5.73 Å². The number of aromatic nitrogens is 1. The highest BCUT2D eigenvalue weighted by Gasteiger charge is 2.25. The van der Waals surface area contributed by atoms with Crippen molar-refractivity contribution in [3.8, 4) is 6.07 Å². The van der Waals surface area contributed by atoms with Gasteiger partial charge < -0.3 is 5.73 Å². The van der Waals surface area contributed by atoms with Crippen molar-refractivity contribution >= 4 is 27.2 Å². The van der Waals surface area contributed by atoms with Gasteiger partial charge in [0.1, 0.15) is 15.8 Å². The van der Waals surface area contributed by atoms with Crippen molar-refractivity contribution in [2.45, 2.75) is 46.5 Å². The number of aryl methyl sites for hydroxylation is 1. The van der Waals surface area contributed by atoms with Gasteiger partial charge in [0.05, 0.1) is 5.69 Å². The van der Waals surface area contributed by atoms with Crippen LogP contribution in [0.4, 0.5) is 5.69 Å². The predicted molar refractivity (Wildman–Crippen MR) is 88.3 cm³/mol. The summed E-state index contributed by atoms with van der Waals surface area (Å²) in [5.41, 5.74) is 9.58. The quantitative estimate of drug-likeness (QED) is 0.854. The fourth-order valence-electron chi connectivity index (χ4n) is 3.39. The number of hydrogen-bond donors (Lipinski definition) is 1. The highest BCUT2D eigenvalue weighted by Crippen LogP contribution is 2.38. The summed E-state index contributed by atoms with van der Waals surface area (Å²) in [6.07, 6.45) is 4.60. The molecule has 0 radical (unpaired) electrons. The Morgan fingerprint density at radius 3 is 2.90 bits per heavy atom. The molecular weight excluding hydrogens is 278 g/mol. The molecule has 2 aromatic rings. The van der Waals surface area contributed by atoms with E-state index >= 15 is 0 Å². The first-order valence-electron chi connectivity index (χ1n) is 7.48. The van der Waals surface area contributed by atoms with Crippen molar-refractivity contribution in [1.82, 2.24) is 4.98 Å². The molecule has 3 rings (SSSR count). The zero-order valence-electron chi connectivity index (χ0n) is 12.9. The van der Waals surface area contributed by atoms with E-state index in [1.807, 2.05) is 0 Å². The SMILES string of the molecule is CC(C)(C)CC1CCc2nc3sc(C#N)c(N)c3cc2C1. The maximum absolute atomic E-state index is 9.11. The molecule has 0 aliphatic heterocycles. The highest BCUT2D eigenvalue weighted by atomic mass is 32.1. The summed E-state index contributed by atoms with van der Waals surface area (Å²) in [4.78, 5) is 6.27. The summed E-state index contributed by atoms with van der Waals surface area (Å²) < 4.78 is 0. The Morgan fingerprint density at radius 1 is 1.48 bits per heavy atom. The molecule has 0 bridgehead atoms. The summed E-state index contributed by atoms with van der Waals surface area (Å²) in [7, 11) is 0. The van der Waals surface area contributed by atoms with Gasteiger partial charge in [0.2, 0.25) is 0 Å². The lowest BCUT2D eigenvalue weighted by Crippen LogP contribution is -2.21. The number of rotatable bonds is 1. The zero-order valence-corrected chi connectivity index (χ0v) is 13.7. The number of pyridine rings is 1. The number of hydrogen-bond acceptors (Lipinski definition) is 4. The Morgan fingerprint density at radius 2 is 2.24 bits per heavy atom. The van der Waals surface area contributed by atoms with Crippen LogP contribution in [-0.2, 0) is 12.8 Å². The van der Waals surface area contributed by atoms with E-state index in [9.17, 15) is 0 Å². The van der Waals surface area contributed by atoms with Gasteiger partial charge in [-0.1, -0.05) is 20.8 Å². The highest BCUT2D eigenvalue weighted by molar-refractivity contribution is 7.19. The van der Waals surface area contributed by atoms with Crippen molar-refractivity contribution in [2.24, 2.45) is 11.3 Å². The van der Waals surface area contributed by atoms with E-state index in [-0.39, 0.29) is 0 Å². The summed E-state index contributed by atoms with van der Waals surface area (Å²) in [5, 5.41) is 10.1. The van der Waals surface area contributed by atoms with Crippen LogP contribution in [0.2, 0.25) is 0 Å². The minimum absolute atomic E-state index is 0.370. The molecule has 2 heterocycles. The number of anilines is 1. The molecule has 1 aliphatic carbocycles. The Kier molecular flexibility index (Phi) is 3.41. The molecular formula is C17H21N3S. The van der Waals surface area contributed by atoms with Crippen molar-refractivity contribution in [1.29, 1.82) is 5.26 Å². The van der Waals surface area contributed by atoms with Crippen LogP contribution in [0.1, 0.15) is 49.7 Å². The number of nitrogens with zero attached hydrogens (tertiary/aromatic N) is 2. The molecule has 1 aliphatic rings. The molecule has 1 atom stereocenters. The van der Waals surface area contributed by atoms with Gasteiger partial charge in [0.15, 0.2) is 0 Å². The van der Waals surface area contributed by atoms with Gasteiger partial charge in [0, 0.05) is 11.1 Å².